The fourth-order valence-electron chi connectivity index (χ4n) is 1.95. The minimum absolute atomic E-state index is 0.00850. The van der Waals surface area contributed by atoms with E-state index in [1.807, 2.05) is 0 Å². The van der Waals surface area contributed by atoms with E-state index in [4.69, 9.17) is 20.8 Å². The largest absolute Gasteiger partial charge is 0.465 e. The Morgan fingerprint density at radius 2 is 2.12 bits per heavy atom. The first-order valence-electron chi connectivity index (χ1n) is 6.71. The lowest BCUT2D eigenvalue weighted by Gasteiger charge is -2.00. The third-order valence-electron chi connectivity index (χ3n) is 3.07. The second-order valence-corrected chi connectivity index (χ2v) is 5.06. The van der Waals surface area contributed by atoms with Crippen LogP contribution in [0.2, 0.25) is 5.02 Å². The van der Waals surface area contributed by atoms with E-state index < -0.39 is 10.9 Å². The molecular formula is C16H9ClN2O5. The lowest BCUT2D eigenvalue weighted by molar-refractivity contribution is -0.384. The molecule has 0 spiro atoms. The zero-order valence-corrected chi connectivity index (χ0v) is 12.8. The van der Waals surface area contributed by atoms with E-state index in [9.17, 15) is 14.9 Å². The van der Waals surface area contributed by atoms with Crippen molar-refractivity contribution in [1.82, 2.24) is 0 Å². The van der Waals surface area contributed by atoms with E-state index in [0.717, 1.165) is 0 Å². The molecule has 0 saturated carbocycles. The second kappa shape index (κ2) is 6.51. The van der Waals surface area contributed by atoms with Crippen LogP contribution in [-0.2, 0) is 9.53 Å². The van der Waals surface area contributed by atoms with Gasteiger partial charge in [0.15, 0.2) is 5.70 Å². The number of esters is 1. The highest BCUT2D eigenvalue weighted by molar-refractivity contribution is 6.32. The lowest BCUT2D eigenvalue weighted by atomic mass is 10.2. The number of halogens is 1. The number of nitro benzene ring substituents is 1. The van der Waals surface area contributed by atoms with E-state index in [1.165, 1.54) is 30.5 Å². The SMILES string of the molecule is O=C1OC(c2ccc(Cl)c([N+](=O)[O-])c2)=N/C1=C\C=C\c1ccco1. The molecule has 120 valence electrons. The molecule has 0 N–H and O–H groups in total. The van der Waals surface area contributed by atoms with Gasteiger partial charge in [0.05, 0.1) is 11.2 Å². The molecule has 2 aromatic rings. The van der Waals surface area contributed by atoms with Crippen LogP contribution >= 0.6 is 11.6 Å². The predicted octanol–water partition coefficient (Wildman–Crippen LogP) is 3.74. The summed E-state index contributed by atoms with van der Waals surface area (Å²) in [5, 5.41) is 10.9. The number of furan rings is 1. The molecule has 1 aromatic heterocycles. The van der Waals surface area contributed by atoms with Gasteiger partial charge in [-0.1, -0.05) is 17.7 Å². The third-order valence-corrected chi connectivity index (χ3v) is 3.39. The normalized spacial score (nSPS) is 15.8. The monoisotopic (exact) mass is 344 g/mol. The number of ether oxygens (including phenoxy) is 1. The van der Waals surface area contributed by atoms with Gasteiger partial charge in [0.25, 0.3) is 5.69 Å². The number of aliphatic imine (C=N–C) groups is 1. The van der Waals surface area contributed by atoms with E-state index >= 15 is 0 Å². The molecule has 0 amide bonds. The van der Waals surface area contributed by atoms with Crippen molar-refractivity contribution in [3.8, 4) is 0 Å². The molecule has 0 aliphatic carbocycles. The Hall–Kier alpha value is -3.19. The third kappa shape index (κ3) is 3.26. The molecule has 0 bridgehead atoms. The summed E-state index contributed by atoms with van der Waals surface area (Å²) in [7, 11) is 0. The van der Waals surface area contributed by atoms with Crippen LogP contribution < -0.4 is 0 Å². The topological polar surface area (TPSA) is 94.9 Å². The molecule has 1 aromatic carbocycles. The van der Waals surface area contributed by atoms with Crippen molar-refractivity contribution < 1.29 is 18.9 Å². The number of hydrogen-bond donors (Lipinski definition) is 0. The summed E-state index contributed by atoms with van der Waals surface area (Å²) in [6, 6.07) is 7.53. The Kier molecular flexibility index (Phi) is 4.26. The van der Waals surface area contributed by atoms with Gasteiger partial charge in [-0.25, -0.2) is 9.79 Å². The summed E-state index contributed by atoms with van der Waals surface area (Å²) in [4.78, 5) is 26.2. The summed E-state index contributed by atoms with van der Waals surface area (Å²) >= 11 is 5.75. The van der Waals surface area contributed by atoms with Crippen LogP contribution in [0.3, 0.4) is 0 Å². The van der Waals surface area contributed by atoms with Crippen LogP contribution in [0.25, 0.3) is 6.08 Å². The van der Waals surface area contributed by atoms with E-state index in [1.54, 1.807) is 24.3 Å². The van der Waals surface area contributed by atoms with Gasteiger partial charge >= 0.3 is 5.97 Å². The van der Waals surface area contributed by atoms with Crippen LogP contribution in [0.4, 0.5) is 5.69 Å². The van der Waals surface area contributed by atoms with Gasteiger partial charge in [-0.2, -0.15) is 0 Å². The van der Waals surface area contributed by atoms with Gasteiger partial charge in [-0.3, -0.25) is 10.1 Å². The highest BCUT2D eigenvalue weighted by Gasteiger charge is 2.25. The minimum Gasteiger partial charge on any atom is -0.465 e. The molecule has 0 fully saturated rings. The first-order valence-corrected chi connectivity index (χ1v) is 7.09. The average molecular weight is 345 g/mol. The number of nitro groups is 1. The summed E-state index contributed by atoms with van der Waals surface area (Å²) in [5.41, 5.74) is 0.0753. The number of carbonyl (C=O) groups is 1. The fraction of sp³-hybridized carbons (Fsp3) is 0. The van der Waals surface area contributed by atoms with Gasteiger partial charge in [0.1, 0.15) is 10.8 Å². The van der Waals surface area contributed by atoms with Crippen LogP contribution in [-0.4, -0.2) is 16.8 Å². The maximum absolute atomic E-state index is 11.8. The molecule has 24 heavy (non-hydrogen) atoms. The molecule has 7 nitrogen and oxygen atoms in total. The Labute approximate surface area is 140 Å². The first-order chi connectivity index (χ1) is 11.5. The molecule has 0 radical (unpaired) electrons. The lowest BCUT2D eigenvalue weighted by Crippen LogP contribution is -2.06. The van der Waals surface area contributed by atoms with Gasteiger partial charge in [-0.15, -0.1) is 0 Å². The first kappa shape index (κ1) is 15.7. The highest BCUT2D eigenvalue weighted by Crippen LogP contribution is 2.27. The standard InChI is InChI=1S/C16H9ClN2O5/c17-12-7-6-10(9-14(12)19(21)22)15-18-13(16(20)24-15)5-1-3-11-4-2-8-23-11/h1-9H/b3-1+,13-5-. The molecule has 3 rings (SSSR count). The second-order valence-electron chi connectivity index (χ2n) is 4.66. The predicted molar refractivity (Wildman–Crippen MR) is 86.6 cm³/mol. The maximum Gasteiger partial charge on any atom is 0.363 e. The van der Waals surface area contributed by atoms with Gasteiger partial charge in [-0.05, 0) is 36.4 Å². The molecule has 8 heteroatoms. The van der Waals surface area contributed by atoms with Crippen molar-refractivity contribution in [2.45, 2.75) is 0 Å². The zero-order chi connectivity index (χ0) is 17.1. The Morgan fingerprint density at radius 1 is 1.29 bits per heavy atom. The average Bonchev–Trinajstić information content (AvgIpc) is 3.18. The quantitative estimate of drug-likeness (QED) is 0.364. The summed E-state index contributed by atoms with van der Waals surface area (Å²) in [5.74, 6) is -0.0418. The number of allylic oxidation sites excluding steroid dienone is 2. The van der Waals surface area contributed by atoms with E-state index in [2.05, 4.69) is 4.99 Å². The number of hydrogen-bond acceptors (Lipinski definition) is 6. The van der Waals surface area contributed by atoms with E-state index in [0.29, 0.717) is 5.76 Å². The van der Waals surface area contributed by atoms with Crippen LogP contribution in [0, 0.1) is 10.1 Å². The highest BCUT2D eigenvalue weighted by atomic mass is 35.5. The van der Waals surface area contributed by atoms with Crippen molar-refractivity contribution in [3.05, 3.63) is 80.9 Å². The van der Waals surface area contributed by atoms with Crippen LogP contribution in [0.15, 0.2) is 63.9 Å². The molecule has 0 atom stereocenters. The fourth-order valence-corrected chi connectivity index (χ4v) is 2.14. The zero-order valence-electron chi connectivity index (χ0n) is 12.0. The Balaban J connectivity index is 1.86. The van der Waals surface area contributed by atoms with Crippen molar-refractivity contribution >= 4 is 35.2 Å². The number of nitrogens with zero attached hydrogens (tertiary/aromatic N) is 2. The van der Waals surface area contributed by atoms with Gasteiger partial charge in [0.2, 0.25) is 5.90 Å². The maximum atomic E-state index is 11.8. The van der Waals surface area contributed by atoms with Crippen LogP contribution in [0.5, 0.6) is 0 Å². The minimum atomic E-state index is -0.647. The van der Waals surface area contributed by atoms with Gasteiger partial charge in [0, 0.05) is 11.6 Å². The molecule has 1 aliphatic heterocycles. The van der Waals surface area contributed by atoms with Crippen molar-refractivity contribution in [3.63, 3.8) is 0 Å². The van der Waals surface area contributed by atoms with E-state index in [-0.39, 0.29) is 27.9 Å². The molecule has 0 saturated heterocycles. The Morgan fingerprint density at radius 3 is 2.83 bits per heavy atom. The number of cyclic esters (lactones) is 1. The summed E-state index contributed by atoms with van der Waals surface area (Å²) in [6.07, 6.45) is 6.23. The summed E-state index contributed by atoms with van der Waals surface area (Å²) < 4.78 is 10.2. The summed E-state index contributed by atoms with van der Waals surface area (Å²) in [6.45, 7) is 0. The molecule has 0 unspecified atom stereocenters. The molecule has 1 aliphatic rings. The van der Waals surface area contributed by atoms with Crippen molar-refractivity contribution in [1.29, 1.82) is 0 Å². The smallest absolute Gasteiger partial charge is 0.363 e. The van der Waals surface area contributed by atoms with Gasteiger partial charge < -0.3 is 9.15 Å². The number of rotatable bonds is 4. The van der Waals surface area contributed by atoms with Crippen molar-refractivity contribution in [2.75, 3.05) is 0 Å². The Bertz CT molecular complexity index is 897. The molecular weight excluding hydrogens is 336 g/mol. The number of carbonyl (C=O) groups excluding carboxylic acids is 1. The van der Waals surface area contributed by atoms with Crippen molar-refractivity contribution in [2.24, 2.45) is 4.99 Å². The number of benzene rings is 1. The molecule has 2 heterocycles. The van der Waals surface area contributed by atoms with Crippen LogP contribution in [0.1, 0.15) is 11.3 Å².